The molecule has 0 radical (unpaired) electrons. The Balaban J connectivity index is 1.84. The first-order valence-electron chi connectivity index (χ1n) is 6.09. The summed E-state index contributed by atoms with van der Waals surface area (Å²) in [6, 6.07) is 10.2. The van der Waals surface area contributed by atoms with Gasteiger partial charge in [0.15, 0.2) is 17.2 Å². The lowest BCUT2D eigenvalue weighted by Gasteiger charge is -2.19. The highest BCUT2D eigenvalue weighted by molar-refractivity contribution is 5.85. The standard InChI is InChI=1S/C14H12N2O4/c17-14(18)10-2-1-3-13(16-10)15-9-4-5-11-12(8-9)20-7-6-19-11/h1-5,8H,6-7H2,(H,15,16)(H,17,18). The minimum absolute atomic E-state index is 0.00690. The van der Waals surface area contributed by atoms with Gasteiger partial charge >= 0.3 is 5.97 Å². The van der Waals surface area contributed by atoms with E-state index in [2.05, 4.69) is 10.3 Å². The first-order valence-corrected chi connectivity index (χ1v) is 6.09. The van der Waals surface area contributed by atoms with E-state index in [4.69, 9.17) is 14.6 Å². The molecule has 0 bridgehead atoms. The number of aromatic nitrogens is 1. The number of benzene rings is 1. The van der Waals surface area contributed by atoms with Crippen LogP contribution < -0.4 is 14.8 Å². The second-order valence-corrected chi connectivity index (χ2v) is 4.20. The van der Waals surface area contributed by atoms with Crippen LogP contribution in [0.4, 0.5) is 11.5 Å². The smallest absolute Gasteiger partial charge is 0.354 e. The number of pyridine rings is 1. The molecular formula is C14H12N2O4. The summed E-state index contributed by atoms with van der Waals surface area (Å²) in [5, 5.41) is 11.9. The van der Waals surface area contributed by atoms with Crippen LogP contribution in [0.5, 0.6) is 11.5 Å². The van der Waals surface area contributed by atoms with Gasteiger partial charge in [0.1, 0.15) is 19.0 Å². The molecule has 1 aromatic heterocycles. The highest BCUT2D eigenvalue weighted by Gasteiger charge is 2.12. The maximum atomic E-state index is 10.9. The second kappa shape index (κ2) is 5.08. The van der Waals surface area contributed by atoms with Crippen molar-refractivity contribution in [1.82, 2.24) is 4.98 Å². The van der Waals surface area contributed by atoms with Crippen LogP contribution in [-0.4, -0.2) is 29.3 Å². The lowest BCUT2D eigenvalue weighted by atomic mass is 10.2. The molecule has 6 nitrogen and oxygen atoms in total. The number of nitrogens with zero attached hydrogens (tertiary/aromatic N) is 1. The van der Waals surface area contributed by atoms with Crippen LogP contribution >= 0.6 is 0 Å². The Morgan fingerprint density at radius 3 is 2.75 bits per heavy atom. The summed E-state index contributed by atoms with van der Waals surface area (Å²) in [7, 11) is 0. The van der Waals surface area contributed by atoms with Crippen LogP contribution in [0.25, 0.3) is 0 Å². The Bertz CT molecular complexity index is 657. The van der Waals surface area contributed by atoms with E-state index in [0.29, 0.717) is 30.5 Å². The fraction of sp³-hybridized carbons (Fsp3) is 0.143. The number of aromatic carboxylic acids is 1. The predicted octanol–water partition coefficient (Wildman–Crippen LogP) is 2.29. The van der Waals surface area contributed by atoms with Crippen molar-refractivity contribution in [2.45, 2.75) is 0 Å². The normalized spacial score (nSPS) is 12.8. The van der Waals surface area contributed by atoms with Crippen molar-refractivity contribution in [3.05, 3.63) is 42.1 Å². The summed E-state index contributed by atoms with van der Waals surface area (Å²) < 4.78 is 10.9. The molecule has 20 heavy (non-hydrogen) atoms. The monoisotopic (exact) mass is 272 g/mol. The number of rotatable bonds is 3. The Morgan fingerprint density at radius 2 is 1.95 bits per heavy atom. The number of carbonyl (C=O) groups is 1. The number of hydrogen-bond acceptors (Lipinski definition) is 5. The molecule has 2 N–H and O–H groups in total. The number of fused-ring (bicyclic) bond motifs is 1. The van der Waals surface area contributed by atoms with E-state index in [9.17, 15) is 4.79 Å². The zero-order valence-electron chi connectivity index (χ0n) is 10.5. The van der Waals surface area contributed by atoms with Crippen LogP contribution in [0.2, 0.25) is 0 Å². The summed E-state index contributed by atoms with van der Waals surface area (Å²) >= 11 is 0. The van der Waals surface area contributed by atoms with Crippen LogP contribution in [0, 0.1) is 0 Å². The van der Waals surface area contributed by atoms with Gasteiger partial charge in [-0.3, -0.25) is 0 Å². The van der Waals surface area contributed by atoms with Crippen molar-refractivity contribution >= 4 is 17.5 Å². The fourth-order valence-corrected chi connectivity index (χ4v) is 1.89. The maximum absolute atomic E-state index is 10.9. The molecule has 0 atom stereocenters. The number of nitrogens with one attached hydrogen (secondary N) is 1. The lowest BCUT2D eigenvalue weighted by Crippen LogP contribution is -2.15. The average Bonchev–Trinajstić information content (AvgIpc) is 2.47. The predicted molar refractivity (Wildman–Crippen MR) is 71.9 cm³/mol. The molecule has 1 aliphatic rings. The molecule has 1 aliphatic heterocycles. The molecule has 102 valence electrons. The topological polar surface area (TPSA) is 80.7 Å². The number of ether oxygens (including phenoxy) is 2. The Morgan fingerprint density at radius 1 is 1.15 bits per heavy atom. The van der Waals surface area contributed by atoms with Gasteiger partial charge in [-0.2, -0.15) is 0 Å². The Kier molecular flexibility index (Phi) is 3.12. The van der Waals surface area contributed by atoms with E-state index in [1.54, 1.807) is 24.3 Å². The molecule has 0 unspecified atom stereocenters. The first kappa shape index (κ1) is 12.3. The number of carboxylic acid groups (broad SMARTS) is 1. The molecule has 0 aliphatic carbocycles. The quantitative estimate of drug-likeness (QED) is 0.892. The van der Waals surface area contributed by atoms with Crippen LogP contribution in [-0.2, 0) is 0 Å². The Hall–Kier alpha value is -2.76. The van der Waals surface area contributed by atoms with Crippen LogP contribution in [0.15, 0.2) is 36.4 Å². The van der Waals surface area contributed by atoms with Gasteiger partial charge < -0.3 is 19.9 Å². The molecule has 6 heteroatoms. The molecule has 0 saturated carbocycles. The molecule has 0 fully saturated rings. The van der Waals surface area contributed by atoms with Gasteiger partial charge in [0.2, 0.25) is 0 Å². The zero-order chi connectivity index (χ0) is 13.9. The van der Waals surface area contributed by atoms with E-state index in [1.807, 2.05) is 6.07 Å². The lowest BCUT2D eigenvalue weighted by molar-refractivity contribution is 0.0690. The molecule has 0 amide bonds. The highest BCUT2D eigenvalue weighted by Crippen LogP contribution is 2.33. The van der Waals surface area contributed by atoms with E-state index in [1.165, 1.54) is 6.07 Å². The van der Waals surface area contributed by atoms with Gasteiger partial charge in [-0.1, -0.05) is 6.07 Å². The zero-order valence-corrected chi connectivity index (χ0v) is 10.5. The van der Waals surface area contributed by atoms with Gasteiger partial charge in [-0.15, -0.1) is 0 Å². The first-order chi connectivity index (χ1) is 9.72. The molecule has 3 rings (SSSR count). The van der Waals surface area contributed by atoms with Gasteiger partial charge in [0, 0.05) is 11.8 Å². The van der Waals surface area contributed by atoms with Gasteiger partial charge in [0.05, 0.1) is 0 Å². The molecule has 0 spiro atoms. The van der Waals surface area contributed by atoms with E-state index in [0.717, 1.165) is 5.69 Å². The number of anilines is 2. The summed E-state index contributed by atoms with van der Waals surface area (Å²) in [4.78, 5) is 14.9. The SMILES string of the molecule is O=C(O)c1cccc(Nc2ccc3c(c2)OCCO3)n1. The van der Waals surface area contributed by atoms with Gasteiger partial charge in [0.25, 0.3) is 0 Å². The molecule has 2 heterocycles. The average molecular weight is 272 g/mol. The maximum Gasteiger partial charge on any atom is 0.354 e. The van der Waals surface area contributed by atoms with Crippen molar-refractivity contribution in [3.8, 4) is 11.5 Å². The summed E-state index contributed by atoms with van der Waals surface area (Å²) in [5.41, 5.74) is 0.747. The van der Waals surface area contributed by atoms with Crippen molar-refractivity contribution in [3.63, 3.8) is 0 Å². The van der Waals surface area contributed by atoms with Gasteiger partial charge in [-0.05, 0) is 24.3 Å². The van der Waals surface area contributed by atoms with Crippen molar-refractivity contribution in [1.29, 1.82) is 0 Å². The van der Waals surface area contributed by atoms with Crippen molar-refractivity contribution in [2.24, 2.45) is 0 Å². The minimum Gasteiger partial charge on any atom is -0.486 e. The fourth-order valence-electron chi connectivity index (χ4n) is 1.89. The summed E-state index contributed by atoms with van der Waals surface area (Å²) in [6.45, 7) is 1.06. The summed E-state index contributed by atoms with van der Waals surface area (Å²) in [5.74, 6) is 0.766. The Labute approximate surface area is 115 Å². The van der Waals surface area contributed by atoms with E-state index in [-0.39, 0.29) is 5.69 Å². The highest BCUT2D eigenvalue weighted by atomic mass is 16.6. The third kappa shape index (κ3) is 2.49. The van der Waals surface area contributed by atoms with Crippen molar-refractivity contribution < 1.29 is 19.4 Å². The molecular weight excluding hydrogens is 260 g/mol. The molecule has 0 saturated heterocycles. The molecule has 2 aromatic rings. The third-order valence-corrected chi connectivity index (χ3v) is 2.78. The van der Waals surface area contributed by atoms with Crippen molar-refractivity contribution in [2.75, 3.05) is 18.5 Å². The van der Waals surface area contributed by atoms with Crippen LogP contribution in [0.3, 0.4) is 0 Å². The number of hydrogen-bond donors (Lipinski definition) is 2. The van der Waals surface area contributed by atoms with Crippen LogP contribution in [0.1, 0.15) is 10.5 Å². The van der Waals surface area contributed by atoms with Gasteiger partial charge in [-0.25, -0.2) is 9.78 Å². The largest absolute Gasteiger partial charge is 0.486 e. The third-order valence-electron chi connectivity index (χ3n) is 2.78. The second-order valence-electron chi connectivity index (χ2n) is 4.20. The van der Waals surface area contributed by atoms with E-state index < -0.39 is 5.97 Å². The summed E-state index contributed by atoms with van der Waals surface area (Å²) in [6.07, 6.45) is 0. The van der Waals surface area contributed by atoms with E-state index >= 15 is 0 Å². The molecule has 1 aromatic carbocycles. The minimum atomic E-state index is -1.06. The number of carboxylic acids is 1.